The van der Waals surface area contributed by atoms with Crippen LogP contribution in [0.15, 0.2) is 48.5 Å². The van der Waals surface area contributed by atoms with Crippen LogP contribution < -0.4 is 10.1 Å². The topological polar surface area (TPSA) is 21.3 Å². The van der Waals surface area contributed by atoms with E-state index in [1.165, 1.54) is 16.7 Å². The SMILES string of the molecule is Cc1cccc(COc2ccccc2CNCC(C)C)c1. The first-order chi connectivity index (χ1) is 10.1. The summed E-state index contributed by atoms with van der Waals surface area (Å²) in [6.45, 7) is 9.02. The minimum Gasteiger partial charge on any atom is -0.489 e. The van der Waals surface area contributed by atoms with Gasteiger partial charge in [0.2, 0.25) is 0 Å². The predicted molar refractivity (Wildman–Crippen MR) is 88.5 cm³/mol. The summed E-state index contributed by atoms with van der Waals surface area (Å²) in [6.07, 6.45) is 0. The van der Waals surface area contributed by atoms with Crippen molar-refractivity contribution in [3.63, 3.8) is 0 Å². The van der Waals surface area contributed by atoms with Crippen molar-refractivity contribution in [2.45, 2.75) is 33.9 Å². The first-order valence-corrected chi connectivity index (χ1v) is 7.62. The third kappa shape index (κ3) is 5.24. The van der Waals surface area contributed by atoms with Crippen LogP contribution in [0.4, 0.5) is 0 Å². The fourth-order valence-electron chi connectivity index (χ4n) is 2.25. The van der Waals surface area contributed by atoms with E-state index in [-0.39, 0.29) is 0 Å². The second kappa shape index (κ2) is 7.84. The Hall–Kier alpha value is -1.80. The van der Waals surface area contributed by atoms with Crippen LogP contribution in [-0.4, -0.2) is 6.54 Å². The molecule has 0 radical (unpaired) electrons. The molecule has 2 aromatic rings. The standard InChI is InChI=1S/C19H25NO/c1-15(2)12-20-13-18-9-4-5-10-19(18)21-14-17-8-6-7-16(3)11-17/h4-11,15,20H,12-14H2,1-3H3. The molecule has 0 aliphatic rings. The Morgan fingerprint density at radius 2 is 1.86 bits per heavy atom. The molecule has 0 saturated heterocycles. The van der Waals surface area contributed by atoms with Crippen LogP contribution in [0, 0.1) is 12.8 Å². The molecule has 0 aliphatic heterocycles. The van der Waals surface area contributed by atoms with E-state index in [1.807, 2.05) is 12.1 Å². The summed E-state index contributed by atoms with van der Waals surface area (Å²) >= 11 is 0. The molecule has 2 rings (SSSR count). The van der Waals surface area contributed by atoms with Gasteiger partial charge in [-0.25, -0.2) is 0 Å². The molecule has 2 nitrogen and oxygen atoms in total. The lowest BCUT2D eigenvalue weighted by Crippen LogP contribution is -2.19. The Kier molecular flexibility index (Phi) is 5.82. The van der Waals surface area contributed by atoms with Crippen molar-refractivity contribution in [2.24, 2.45) is 5.92 Å². The average molecular weight is 283 g/mol. The molecule has 0 fully saturated rings. The van der Waals surface area contributed by atoms with Gasteiger partial charge in [-0.1, -0.05) is 61.9 Å². The molecule has 0 unspecified atom stereocenters. The Morgan fingerprint density at radius 3 is 2.62 bits per heavy atom. The van der Waals surface area contributed by atoms with E-state index in [2.05, 4.69) is 62.5 Å². The van der Waals surface area contributed by atoms with Gasteiger partial charge in [0.15, 0.2) is 0 Å². The summed E-state index contributed by atoms with van der Waals surface area (Å²) < 4.78 is 6.00. The van der Waals surface area contributed by atoms with Gasteiger partial charge in [-0.15, -0.1) is 0 Å². The van der Waals surface area contributed by atoms with E-state index < -0.39 is 0 Å². The fourth-order valence-corrected chi connectivity index (χ4v) is 2.25. The summed E-state index contributed by atoms with van der Waals surface area (Å²) in [5, 5.41) is 3.47. The van der Waals surface area contributed by atoms with E-state index in [0.717, 1.165) is 18.8 Å². The van der Waals surface area contributed by atoms with Gasteiger partial charge in [0, 0.05) is 12.1 Å². The molecule has 0 amide bonds. The molecule has 21 heavy (non-hydrogen) atoms. The van der Waals surface area contributed by atoms with Gasteiger partial charge in [0.25, 0.3) is 0 Å². The summed E-state index contributed by atoms with van der Waals surface area (Å²) in [6, 6.07) is 16.7. The molecule has 0 bridgehead atoms. The normalized spacial score (nSPS) is 10.9. The van der Waals surface area contributed by atoms with Crippen LogP contribution in [-0.2, 0) is 13.2 Å². The van der Waals surface area contributed by atoms with E-state index in [0.29, 0.717) is 12.5 Å². The highest BCUT2D eigenvalue weighted by Gasteiger charge is 2.04. The fraction of sp³-hybridized carbons (Fsp3) is 0.368. The van der Waals surface area contributed by atoms with Crippen LogP contribution in [0.1, 0.15) is 30.5 Å². The van der Waals surface area contributed by atoms with E-state index in [4.69, 9.17) is 4.74 Å². The Bertz CT molecular complexity index is 563. The van der Waals surface area contributed by atoms with Crippen molar-refractivity contribution in [3.8, 4) is 5.75 Å². The van der Waals surface area contributed by atoms with Gasteiger partial charge in [0.05, 0.1) is 0 Å². The van der Waals surface area contributed by atoms with Crippen molar-refractivity contribution in [3.05, 3.63) is 65.2 Å². The molecule has 0 saturated carbocycles. The highest BCUT2D eigenvalue weighted by atomic mass is 16.5. The molecular weight excluding hydrogens is 258 g/mol. The van der Waals surface area contributed by atoms with Crippen LogP contribution in [0.5, 0.6) is 5.75 Å². The smallest absolute Gasteiger partial charge is 0.124 e. The molecule has 0 aromatic heterocycles. The highest BCUT2D eigenvalue weighted by Crippen LogP contribution is 2.19. The molecule has 2 heteroatoms. The zero-order chi connectivity index (χ0) is 15.1. The molecule has 0 spiro atoms. The first kappa shape index (κ1) is 15.6. The van der Waals surface area contributed by atoms with Crippen LogP contribution in [0.2, 0.25) is 0 Å². The van der Waals surface area contributed by atoms with Gasteiger partial charge in [-0.2, -0.15) is 0 Å². The van der Waals surface area contributed by atoms with Crippen molar-refractivity contribution in [2.75, 3.05) is 6.54 Å². The maximum absolute atomic E-state index is 6.00. The molecule has 0 aliphatic carbocycles. The predicted octanol–water partition coefficient (Wildman–Crippen LogP) is 4.32. The first-order valence-electron chi connectivity index (χ1n) is 7.62. The number of rotatable bonds is 7. The zero-order valence-electron chi connectivity index (χ0n) is 13.2. The molecule has 0 atom stereocenters. The monoisotopic (exact) mass is 283 g/mol. The van der Waals surface area contributed by atoms with Crippen molar-refractivity contribution in [1.29, 1.82) is 0 Å². The van der Waals surface area contributed by atoms with E-state index in [9.17, 15) is 0 Å². The van der Waals surface area contributed by atoms with Crippen LogP contribution in [0.25, 0.3) is 0 Å². The van der Waals surface area contributed by atoms with Crippen molar-refractivity contribution >= 4 is 0 Å². The lowest BCUT2D eigenvalue weighted by Gasteiger charge is -2.13. The second-order valence-corrected chi connectivity index (χ2v) is 5.91. The summed E-state index contributed by atoms with van der Waals surface area (Å²) in [5.41, 5.74) is 3.69. The second-order valence-electron chi connectivity index (χ2n) is 5.91. The van der Waals surface area contributed by atoms with Crippen LogP contribution >= 0.6 is 0 Å². The van der Waals surface area contributed by atoms with Crippen molar-refractivity contribution < 1.29 is 4.74 Å². The number of para-hydroxylation sites is 1. The summed E-state index contributed by atoms with van der Waals surface area (Å²) in [7, 11) is 0. The van der Waals surface area contributed by atoms with Crippen molar-refractivity contribution in [1.82, 2.24) is 5.32 Å². The van der Waals surface area contributed by atoms with Gasteiger partial charge < -0.3 is 10.1 Å². The number of aryl methyl sites for hydroxylation is 1. The highest BCUT2D eigenvalue weighted by molar-refractivity contribution is 5.33. The van der Waals surface area contributed by atoms with E-state index in [1.54, 1.807) is 0 Å². The number of benzene rings is 2. The number of hydrogen-bond acceptors (Lipinski definition) is 2. The van der Waals surface area contributed by atoms with Gasteiger partial charge >= 0.3 is 0 Å². The summed E-state index contributed by atoms with van der Waals surface area (Å²) in [5.74, 6) is 1.63. The van der Waals surface area contributed by atoms with E-state index >= 15 is 0 Å². The maximum Gasteiger partial charge on any atom is 0.124 e. The Labute approximate surface area is 128 Å². The zero-order valence-corrected chi connectivity index (χ0v) is 13.2. The van der Waals surface area contributed by atoms with Gasteiger partial charge in [0.1, 0.15) is 12.4 Å². The maximum atomic E-state index is 6.00. The third-order valence-corrected chi connectivity index (χ3v) is 3.32. The minimum atomic E-state index is 0.614. The average Bonchev–Trinajstić information content (AvgIpc) is 2.46. The molecule has 0 heterocycles. The molecule has 112 valence electrons. The minimum absolute atomic E-state index is 0.614. The quantitative estimate of drug-likeness (QED) is 0.817. The Balaban J connectivity index is 1.96. The van der Waals surface area contributed by atoms with Crippen LogP contribution in [0.3, 0.4) is 0 Å². The molecule has 1 N–H and O–H groups in total. The molecular formula is C19H25NO. The molecule has 2 aromatic carbocycles. The number of ether oxygens (including phenoxy) is 1. The lowest BCUT2D eigenvalue weighted by molar-refractivity contribution is 0.302. The van der Waals surface area contributed by atoms with Gasteiger partial charge in [-0.3, -0.25) is 0 Å². The number of hydrogen-bond donors (Lipinski definition) is 1. The van der Waals surface area contributed by atoms with Gasteiger partial charge in [-0.05, 0) is 31.0 Å². The Morgan fingerprint density at radius 1 is 1.05 bits per heavy atom. The summed E-state index contributed by atoms with van der Waals surface area (Å²) in [4.78, 5) is 0. The third-order valence-electron chi connectivity index (χ3n) is 3.32. The lowest BCUT2D eigenvalue weighted by atomic mass is 10.1. The number of nitrogens with one attached hydrogen (secondary N) is 1. The largest absolute Gasteiger partial charge is 0.489 e.